The summed E-state index contributed by atoms with van der Waals surface area (Å²) >= 11 is 3.56. The van der Waals surface area contributed by atoms with Crippen molar-refractivity contribution in [2.75, 3.05) is 11.9 Å². The lowest BCUT2D eigenvalue weighted by Crippen LogP contribution is -2.26. The Kier molecular flexibility index (Phi) is 4.13. The van der Waals surface area contributed by atoms with E-state index in [4.69, 9.17) is 4.42 Å². The quantitative estimate of drug-likeness (QED) is 0.867. The minimum Gasteiger partial charge on any atom is -0.467 e. The number of anilines is 1. The van der Waals surface area contributed by atoms with Crippen molar-refractivity contribution in [3.63, 3.8) is 0 Å². The largest absolute Gasteiger partial charge is 0.467 e. The lowest BCUT2D eigenvalue weighted by atomic mass is 10.1. The highest BCUT2D eigenvalue weighted by Gasteiger charge is 2.31. The van der Waals surface area contributed by atoms with Crippen molar-refractivity contribution in [1.82, 2.24) is 5.32 Å². The Morgan fingerprint density at radius 1 is 1.35 bits per heavy atom. The molecule has 0 unspecified atom stereocenters. The van der Waals surface area contributed by atoms with E-state index in [1.165, 1.54) is 24.1 Å². The number of hydrogen-bond acceptors (Lipinski definition) is 3. The smallest absolute Gasteiger partial charge is 0.123 e. The molecule has 1 N–H and O–H groups in total. The fourth-order valence-corrected chi connectivity index (χ4v) is 2.94. The lowest BCUT2D eigenvalue weighted by Gasteiger charge is -2.26. The third-order valence-corrected chi connectivity index (χ3v) is 4.11. The van der Waals surface area contributed by atoms with Crippen LogP contribution in [0.2, 0.25) is 0 Å². The van der Waals surface area contributed by atoms with Crippen LogP contribution < -0.4 is 10.2 Å². The van der Waals surface area contributed by atoms with Crippen LogP contribution in [0.25, 0.3) is 0 Å². The van der Waals surface area contributed by atoms with Gasteiger partial charge in [-0.15, -0.1) is 0 Å². The summed E-state index contributed by atoms with van der Waals surface area (Å²) in [6.45, 7) is 1.71. The van der Waals surface area contributed by atoms with Gasteiger partial charge in [-0.05, 0) is 55.8 Å². The number of nitrogens with one attached hydrogen (secondary N) is 1. The minimum atomic E-state index is 0.650. The summed E-state index contributed by atoms with van der Waals surface area (Å²) in [6.07, 6.45) is 4.29. The maximum atomic E-state index is 5.52. The molecule has 0 saturated heterocycles. The summed E-state index contributed by atoms with van der Waals surface area (Å²) in [7, 11) is 1.98. The van der Waals surface area contributed by atoms with Crippen LogP contribution >= 0.6 is 15.9 Å². The summed E-state index contributed by atoms with van der Waals surface area (Å²) in [5, 5.41) is 3.25. The highest BCUT2D eigenvalue weighted by atomic mass is 79.9. The Morgan fingerprint density at radius 3 is 2.85 bits per heavy atom. The number of rotatable bonds is 6. The summed E-state index contributed by atoms with van der Waals surface area (Å²) in [6, 6.07) is 11.2. The molecule has 4 heteroatoms. The minimum absolute atomic E-state index is 0.650. The van der Waals surface area contributed by atoms with Gasteiger partial charge in [-0.2, -0.15) is 0 Å². The van der Waals surface area contributed by atoms with E-state index in [0.29, 0.717) is 6.04 Å². The molecule has 1 fully saturated rings. The van der Waals surface area contributed by atoms with Crippen molar-refractivity contribution >= 4 is 21.6 Å². The highest BCUT2D eigenvalue weighted by Crippen LogP contribution is 2.36. The Hall–Kier alpha value is -1.26. The van der Waals surface area contributed by atoms with Crippen molar-refractivity contribution in [3.8, 4) is 0 Å². The fourth-order valence-electron chi connectivity index (χ4n) is 2.53. The van der Waals surface area contributed by atoms with Crippen LogP contribution in [-0.4, -0.2) is 13.1 Å². The van der Waals surface area contributed by atoms with Gasteiger partial charge in [-0.25, -0.2) is 0 Å². The Morgan fingerprint density at radius 2 is 2.20 bits per heavy atom. The molecule has 3 nitrogen and oxygen atoms in total. The Labute approximate surface area is 128 Å². The van der Waals surface area contributed by atoms with Gasteiger partial charge < -0.3 is 14.6 Å². The zero-order valence-corrected chi connectivity index (χ0v) is 13.2. The molecule has 1 aromatic heterocycles. The van der Waals surface area contributed by atoms with Crippen molar-refractivity contribution in [1.29, 1.82) is 0 Å². The molecule has 106 valence electrons. The van der Waals surface area contributed by atoms with Gasteiger partial charge in [0.15, 0.2) is 0 Å². The van der Waals surface area contributed by atoms with Crippen molar-refractivity contribution in [3.05, 3.63) is 52.4 Å². The Bertz CT molecular complexity index is 564. The zero-order valence-electron chi connectivity index (χ0n) is 11.6. The van der Waals surface area contributed by atoms with Gasteiger partial charge in [0.2, 0.25) is 0 Å². The molecular weight excluding hydrogens is 316 g/mol. The van der Waals surface area contributed by atoms with Gasteiger partial charge in [0.05, 0.1) is 12.8 Å². The normalized spacial score (nSPS) is 14.5. The first-order valence-corrected chi connectivity index (χ1v) is 7.79. The summed E-state index contributed by atoms with van der Waals surface area (Å²) in [4.78, 5) is 2.47. The molecule has 0 aliphatic heterocycles. The molecule has 3 rings (SSSR count). The molecule has 1 aliphatic rings. The van der Waals surface area contributed by atoms with Crippen LogP contribution in [0, 0.1) is 0 Å². The van der Waals surface area contributed by atoms with Crippen LogP contribution in [0.4, 0.5) is 5.69 Å². The average Bonchev–Trinajstić information content (AvgIpc) is 3.15. The molecule has 0 amide bonds. The van der Waals surface area contributed by atoms with Gasteiger partial charge in [-0.1, -0.05) is 15.9 Å². The summed E-state index contributed by atoms with van der Waals surface area (Å²) in [5.41, 5.74) is 2.63. The van der Waals surface area contributed by atoms with Crippen LogP contribution in [0.5, 0.6) is 0 Å². The second-order valence-corrected chi connectivity index (χ2v) is 6.16. The molecule has 2 aromatic rings. The lowest BCUT2D eigenvalue weighted by molar-refractivity contribution is 0.501. The van der Waals surface area contributed by atoms with Crippen molar-refractivity contribution in [2.24, 2.45) is 0 Å². The Balaban J connectivity index is 1.90. The van der Waals surface area contributed by atoms with Gasteiger partial charge in [0.1, 0.15) is 5.76 Å². The third kappa shape index (κ3) is 3.07. The molecule has 0 atom stereocenters. The number of hydrogen-bond donors (Lipinski definition) is 1. The second-order valence-electron chi connectivity index (χ2n) is 5.24. The zero-order chi connectivity index (χ0) is 13.9. The van der Waals surface area contributed by atoms with E-state index in [2.05, 4.69) is 44.3 Å². The van der Waals surface area contributed by atoms with E-state index in [9.17, 15) is 0 Å². The standard InChI is InChI=1S/C16H19BrN2O/c1-18-10-12-9-13(17)4-7-16(12)19(14-5-6-14)11-15-3-2-8-20-15/h2-4,7-9,14,18H,5-6,10-11H2,1H3. The van der Waals surface area contributed by atoms with E-state index >= 15 is 0 Å². The van der Waals surface area contributed by atoms with Gasteiger partial charge in [-0.3, -0.25) is 0 Å². The molecule has 1 aromatic carbocycles. The first kappa shape index (κ1) is 13.7. The molecular formula is C16H19BrN2O. The van der Waals surface area contributed by atoms with Crippen LogP contribution in [0.1, 0.15) is 24.2 Å². The number of nitrogens with zero attached hydrogens (tertiary/aromatic N) is 1. The van der Waals surface area contributed by atoms with Gasteiger partial charge in [0, 0.05) is 22.7 Å². The van der Waals surface area contributed by atoms with E-state index in [1.807, 2.05) is 19.2 Å². The molecule has 0 radical (unpaired) electrons. The second kappa shape index (κ2) is 6.02. The van der Waals surface area contributed by atoms with Crippen LogP contribution in [0.3, 0.4) is 0 Å². The van der Waals surface area contributed by atoms with E-state index in [-0.39, 0.29) is 0 Å². The maximum Gasteiger partial charge on any atom is 0.123 e. The monoisotopic (exact) mass is 334 g/mol. The molecule has 20 heavy (non-hydrogen) atoms. The first-order chi connectivity index (χ1) is 9.78. The fraction of sp³-hybridized carbons (Fsp3) is 0.375. The molecule has 0 bridgehead atoms. The van der Waals surface area contributed by atoms with E-state index in [1.54, 1.807) is 6.26 Å². The average molecular weight is 335 g/mol. The molecule has 1 heterocycles. The third-order valence-electron chi connectivity index (χ3n) is 3.61. The first-order valence-electron chi connectivity index (χ1n) is 7.00. The number of benzene rings is 1. The number of halogens is 1. The summed E-state index contributed by atoms with van der Waals surface area (Å²) < 4.78 is 6.65. The SMILES string of the molecule is CNCc1cc(Br)ccc1N(Cc1ccco1)C1CC1. The molecule has 1 saturated carbocycles. The van der Waals surface area contributed by atoms with Crippen molar-refractivity contribution < 1.29 is 4.42 Å². The predicted molar refractivity (Wildman–Crippen MR) is 84.8 cm³/mol. The van der Waals surface area contributed by atoms with Gasteiger partial charge in [0.25, 0.3) is 0 Å². The van der Waals surface area contributed by atoms with E-state index < -0.39 is 0 Å². The topological polar surface area (TPSA) is 28.4 Å². The van der Waals surface area contributed by atoms with E-state index in [0.717, 1.165) is 23.3 Å². The maximum absolute atomic E-state index is 5.52. The summed E-state index contributed by atoms with van der Waals surface area (Å²) in [5.74, 6) is 1.02. The predicted octanol–water partition coefficient (Wildman–Crippen LogP) is 3.93. The molecule has 1 aliphatic carbocycles. The van der Waals surface area contributed by atoms with Crippen LogP contribution in [-0.2, 0) is 13.1 Å². The number of furan rings is 1. The highest BCUT2D eigenvalue weighted by molar-refractivity contribution is 9.10. The van der Waals surface area contributed by atoms with Crippen LogP contribution in [0.15, 0.2) is 45.5 Å². The van der Waals surface area contributed by atoms with Crippen molar-refractivity contribution in [2.45, 2.75) is 32.0 Å². The van der Waals surface area contributed by atoms with Gasteiger partial charge >= 0.3 is 0 Å². The molecule has 0 spiro atoms.